The van der Waals surface area contributed by atoms with Crippen LogP contribution in [0.4, 0.5) is 10.2 Å². The van der Waals surface area contributed by atoms with Crippen molar-refractivity contribution in [2.45, 2.75) is 6.92 Å². The topological polar surface area (TPSA) is 49.9 Å². The molecule has 0 aliphatic heterocycles. The average Bonchev–Trinajstić information content (AvgIpc) is 2.72. The van der Waals surface area contributed by atoms with E-state index in [2.05, 4.69) is 15.5 Å². The second-order valence-electron chi connectivity index (χ2n) is 3.97. The Morgan fingerprint density at radius 2 is 2.17 bits per heavy atom. The van der Waals surface area contributed by atoms with Gasteiger partial charge in [0, 0.05) is 30.5 Å². The molecule has 0 amide bonds. The Morgan fingerprint density at radius 3 is 2.89 bits per heavy atom. The number of hydrogen-bond donors (Lipinski definition) is 2. The minimum absolute atomic E-state index is 0.253. The first kappa shape index (κ1) is 12.6. The van der Waals surface area contributed by atoms with Crippen LogP contribution in [-0.4, -0.2) is 30.5 Å². The zero-order valence-electron chi connectivity index (χ0n) is 10.5. The van der Waals surface area contributed by atoms with E-state index in [1.807, 2.05) is 13.0 Å². The van der Waals surface area contributed by atoms with Crippen LogP contribution in [-0.2, 0) is 4.74 Å². The smallest absolute Gasteiger partial charge is 0.156 e. The first-order valence-corrected chi connectivity index (χ1v) is 5.76. The number of anilines is 1. The maximum Gasteiger partial charge on any atom is 0.156 e. The van der Waals surface area contributed by atoms with E-state index in [1.165, 1.54) is 6.07 Å². The number of hydrogen-bond acceptors (Lipinski definition) is 3. The van der Waals surface area contributed by atoms with Crippen molar-refractivity contribution in [3.05, 3.63) is 35.8 Å². The van der Waals surface area contributed by atoms with Gasteiger partial charge in [0.15, 0.2) is 5.82 Å². The number of aryl methyl sites for hydroxylation is 1. The highest BCUT2D eigenvalue weighted by Crippen LogP contribution is 2.31. The number of H-pyrrole nitrogens is 1. The molecule has 0 bridgehead atoms. The van der Waals surface area contributed by atoms with Crippen molar-refractivity contribution in [1.29, 1.82) is 0 Å². The largest absolute Gasteiger partial charge is 0.383 e. The van der Waals surface area contributed by atoms with E-state index in [4.69, 9.17) is 4.74 Å². The molecule has 0 aliphatic rings. The van der Waals surface area contributed by atoms with Gasteiger partial charge in [0.2, 0.25) is 0 Å². The number of nitrogens with one attached hydrogen (secondary N) is 2. The lowest BCUT2D eigenvalue weighted by Gasteiger charge is -2.07. The number of nitrogens with zero attached hydrogens (tertiary/aromatic N) is 1. The van der Waals surface area contributed by atoms with E-state index in [9.17, 15) is 4.39 Å². The summed E-state index contributed by atoms with van der Waals surface area (Å²) in [6, 6.07) is 6.67. The predicted octanol–water partition coefficient (Wildman–Crippen LogP) is 2.58. The van der Waals surface area contributed by atoms with Crippen LogP contribution in [0.1, 0.15) is 5.69 Å². The Labute approximate surface area is 105 Å². The molecule has 2 aromatic rings. The maximum atomic E-state index is 13.8. The number of halogens is 1. The van der Waals surface area contributed by atoms with Gasteiger partial charge in [-0.3, -0.25) is 5.10 Å². The Balaban J connectivity index is 2.32. The third-order valence-corrected chi connectivity index (χ3v) is 2.69. The molecule has 0 spiro atoms. The standard InChI is InChI=1S/C13H16FN3O/c1-9-12(10-5-3-4-6-11(10)14)13(17-16-9)15-7-8-18-2/h3-6H,7-8H2,1-2H3,(H2,15,16,17). The summed E-state index contributed by atoms with van der Waals surface area (Å²) >= 11 is 0. The van der Waals surface area contributed by atoms with Crippen molar-refractivity contribution in [2.75, 3.05) is 25.6 Å². The lowest BCUT2D eigenvalue weighted by molar-refractivity contribution is 0.210. The van der Waals surface area contributed by atoms with Crippen molar-refractivity contribution in [3.63, 3.8) is 0 Å². The van der Waals surface area contributed by atoms with Crippen LogP contribution >= 0.6 is 0 Å². The molecule has 4 nitrogen and oxygen atoms in total. The number of benzene rings is 1. The summed E-state index contributed by atoms with van der Waals surface area (Å²) in [4.78, 5) is 0. The lowest BCUT2D eigenvalue weighted by Crippen LogP contribution is -2.08. The van der Waals surface area contributed by atoms with Crippen molar-refractivity contribution in [1.82, 2.24) is 10.2 Å². The van der Waals surface area contributed by atoms with Crippen LogP contribution in [0.15, 0.2) is 24.3 Å². The van der Waals surface area contributed by atoms with E-state index in [1.54, 1.807) is 19.2 Å². The predicted molar refractivity (Wildman–Crippen MR) is 69.1 cm³/mol. The highest BCUT2D eigenvalue weighted by atomic mass is 19.1. The first-order chi connectivity index (χ1) is 8.74. The van der Waals surface area contributed by atoms with Crippen molar-refractivity contribution >= 4 is 5.82 Å². The van der Waals surface area contributed by atoms with Crippen molar-refractivity contribution in [2.24, 2.45) is 0 Å². The Kier molecular flexibility index (Phi) is 3.94. The Hall–Kier alpha value is -1.88. The minimum Gasteiger partial charge on any atom is -0.383 e. The number of rotatable bonds is 5. The number of ether oxygens (including phenoxy) is 1. The van der Waals surface area contributed by atoms with Gasteiger partial charge in [-0.25, -0.2) is 4.39 Å². The zero-order chi connectivity index (χ0) is 13.0. The highest BCUT2D eigenvalue weighted by Gasteiger charge is 2.15. The average molecular weight is 249 g/mol. The summed E-state index contributed by atoms with van der Waals surface area (Å²) in [6.07, 6.45) is 0. The lowest BCUT2D eigenvalue weighted by atomic mass is 10.1. The summed E-state index contributed by atoms with van der Waals surface area (Å²) in [5.41, 5.74) is 2.15. The molecule has 0 fully saturated rings. The molecule has 0 aliphatic carbocycles. The number of methoxy groups -OCH3 is 1. The quantitative estimate of drug-likeness (QED) is 0.801. The summed E-state index contributed by atoms with van der Waals surface area (Å²) in [6.45, 7) is 3.07. The van der Waals surface area contributed by atoms with Crippen molar-refractivity contribution < 1.29 is 9.13 Å². The number of aromatic amines is 1. The molecule has 0 atom stereocenters. The summed E-state index contributed by atoms with van der Waals surface area (Å²) in [7, 11) is 1.63. The molecular weight excluding hydrogens is 233 g/mol. The second kappa shape index (κ2) is 5.64. The van der Waals surface area contributed by atoms with E-state index in [-0.39, 0.29) is 5.82 Å². The van der Waals surface area contributed by atoms with E-state index in [0.29, 0.717) is 24.5 Å². The molecule has 0 radical (unpaired) electrons. The van der Waals surface area contributed by atoms with Gasteiger partial charge in [0.1, 0.15) is 5.82 Å². The molecule has 0 saturated heterocycles. The molecule has 1 aromatic carbocycles. The van der Waals surface area contributed by atoms with Gasteiger partial charge in [-0.05, 0) is 13.0 Å². The SMILES string of the molecule is COCCNc1n[nH]c(C)c1-c1ccccc1F. The van der Waals surface area contributed by atoms with Crippen LogP contribution in [0.2, 0.25) is 0 Å². The molecule has 1 aromatic heterocycles. The highest BCUT2D eigenvalue weighted by molar-refractivity contribution is 5.77. The molecule has 0 saturated carbocycles. The molecular formula is C13H16FN3O. The summed E-state index contributed by atoms with van der Waals surface area (Å²) in [5, 5.41) is 10.1. The van der Waals surface area contributed by atoms with Crippen LogP contribution in [0.5, 0.6) is 0 Å². The molecule has 96 valence electrons. The van der Waals surface area contributed by atoms with Crippen molar-refractivity contribution in [3.8, 4) is 11.1 Å². The zero-order valence-corrected chi connectivity index (χ0v) is 10.5. The fourth-order valence-corrected chi connectivity index (χ4v) is 1.82. The minimum atomic E-state index is -0.253. The van der Waals surface area contributed by atoms with Crippen LogP contribution in [0.25, 0.3) is 11.1 Å². The molecule has 2 N–H and O–H groups in total. The maximum absolute atomic E-state index is 13.8. The summed E-state index contributed by atoms with van der Waals surface area (Å²) < 4.78 is 18.8. The molecule has 1 heterocycles. The monoisotopic (exact) mass is 249 g/mol. The second-order valence-corrected chi connectivity index (χ2v) is 3.97. The fourth-order valence-electron chi connectivity index (χ4n) is 1.82. The van der Waals surface area contributed by atoms with Crippen LogP contribution < -0.4 is 5.32 Å². The Bertz CT molecular complexity index is 525. The van der Waals surface area contributed by atoms with E-state index >= 15 is 0 Å². The third kappa shape index (κ3) is 2.51. The third-order valence-electron chi connectivity index (χ3n) is 2.69. The molecule has 0 unspecified atom stereocenters. The van der Waals surface area contributed by atoms with Gasteiger partial charge in [-0.15, -0.1) is 0 Å². The molecule has 5 heteroatoms. The fraction of sp³-hybridized carbons (Fsp3) is 0.308. The normalized spacial score (nSPS) is 10.6. The van der Waals surface area contributed by atoms with Gasteiger partial charge in [-0.1, -0.05) is 18.2 Å². The number of aromatic nitrogens is 2. The van der Waals surface area contributed by atoms with Gasteiger partial charge < -0.3 is 10.1 Å². The first-order valence-electron chi connectivity index (χ1n) is 5.76. The van der Waals surface area contributed by atoms with Gasteiger partial charge in [0.05, 0.1) is 6.61 Å². The summed E-state index contributed by atoms with van der Waals surface area (Å²) in [5.74, 6) is 0.395. The van der Waals surface area contributed by atoms with Crippen LogP contribution in [0.3, 0.4) is 0 Å². The van der Waals surface area contributed by atoms with Gasteiger partial charge in [0.25, 0.3) is 0 Å². The van der Waals surface area contributed by atoms with E-state index < -0.39 is 0 Å². The van der Waals surface area contributed by atoms with Crippen LogP contribution in [0, 0.1) is 12.7 Å². The van der Waals surface area contributed by atoms with Gasteiger partial charge >= 0.3 is 0 Å². The molecule has 2 rings (SSSR count). The van der Waals surface area contributed by atoms with E-state index in [0.717, 1.165) is 11.3 Å². The van der Waals surface area contributed by atoms with Gasteiger partial charge in [-0.2, -0.15) is 5.10 Å². The molecule has 18 heavy (non-hydrogen) atoms. The Morgan fingerprint density at radius 1 is 1.39 bits per heavy atom.